The highest BCUT2D eigenvalue weighted by Crippen LogP contribution is 2.46. The number of hydrogen-bond donors (Lipinski definition) is 0. The summed E-state index contributed by atoms with van der Waals surface area (Å²) in [5, 5.41) is 0.710. The normalized spacial score (nSPS) is 18.0. The zero-order valence-corrected chi connectivity index (χ0v) is 16.4. The van der Waals surface area contributed by atoms with Crippen LogP contribution in [0.2, 0.25) is 5.15 Å². The molecule has 1 aromatic heterocycles. The lowest BCUT2D eigenvalue weighted by Gasteiger charge is -2.20. The van der Waals surface area contributed by atoms with Gasteiger partial charge in [0.1, 0.15) is 10.7 Å². The van der Waals surface area contributed by atoms with Gasteiger partial charge in [-0.25, -0.2) is 4.39 Å². The molecule has 5 nitrogen and oxygen atoms in total. The first-order valence-corrected chi connectivity index (χ1v) is 9.28. The van der Waals surface area contributed by atoms with Crippen molar-refractivity contribution in [1.29, 1.82) is 0 Å². The van der Waals surface area contributed by atoms with E-state index in [0.717, 1.165) is 30.5 Å². The maximum atomic E-state index is 14.8. The number of rotatable bonds is 5. The Bertz CT molecular complexity index is 858. The van der Waals surface area contributed by atoms with Crippen molar-refractivity contribution in [3.8, 4) is 6.01 Å². The van der Waals surface area contributed by atoms with Gasteiger partial charge in [0.25, 0.3) is 0 Å². The highest BCUT2D eigenvalue weighted by molar-refractivity contribution is 9.10. The Hall–Kier alpha value is -1.02. The van der Waals surface area contributed by atoms with E-state index in [2.05, 4.69) is 30.8 Å². The van der Waals surface area contributed by atoms with E-state index in [0.29, 0.717) is 29.7 Å². The smallest absolute Gasteiger partial charge is 0.318 e. The van der Waals surface area contributed by atoms with Crippen molar-refractivity contribution < 1.29 is 13.9 Å². The SMILES string of the molecule is CN(C)CC1(COc2nc(Cl)c3c4c(c(Br)c(F)c3n2)COC4)CC1. The van der Waals surface area contributed by atoms with Crippen LogP contribution in [0.15, 0.2) is 4.47 Å². The average molecular weight is 431 g/mol. The summed E-state index contributed by atoms with van der Waals surface area (Å²) >= 11 is 9.65. The Morgan fingerprint density at radius 2 is 2.00 bits per heavy atom. The second kappa shape index (κ2) is 6.30. The second-order valence-corrected chi connectivity index (χ2v) is 8.28. The van der Waals surface area contributed by atoms with E-state index in [9.17, 15) is 4.39 Å². The zero-order valence-electron chi connectivity index (χ0n) is 14.0. The molecule has 1 aliphatic heterocycles. The Labute approximate surface area is 158 Å². The molecule has 4 rings (SSSR count). The highest BCUT2D eigenvalue weighted by Gasteiger charge is 2.44. The van der Waals surface area contributed by atoms with Crippen LogP contribution in [-0.2, 0) is 18.0 Å². The summed E-state index contributed by atoms with van der Waals surface area (Å²) in [6.45, 7) is 2.17. The molecule has 0 amide bonds. The zero-order chi connectivity index (χ0) is 17.8. The molecule has 0 unspecified atom stereocenters. The molecule has 2 aromatic rings. The molecular formula is C17H18BrClFN3O2. The number of aromatic nitrogens is 2. The fraction of sp³-hybridized carbons (Fsp3) is 0.529. The van der Waals surface area contributed by atoms with Crippen LogP contribution in [0.5, 0.6) is 6.01 Å². The molecule has 0 radical (unpaired) electrons. The van der Waals surface area contributed by atoms with E-state index in [1.807, 2.05) is 14.1 Å². The lowest BCUT2D eigenvalue weighted by molar-refractivity contribution is 0.134. The Kier molecular flexibility index (Phi) is 4.38. The van der Waals surface area contributed by atoms with Gasteiger partial charge in [0.15, 0.2) is 5.82 Å². The number of hydrogen-bond acceptors (Lipinski definition) is 5. The molecule has 1 saturated carbocycles. The molecule has 1 aliphatic carbocycles. The molecule has 1 fully saturated rings. The third-order valence-corrected chi connectivity index (χ3v) is 5.89. The van der Waals surface area contributed by atoms with Crippen LogP contribution in [0.25, 0.3) is 10.9 Å². The summed E-state index contributed by atoms with van der Waals surface area (Å²) in [7, 11) is 4.08. The van der Waals surface area contributed by atoms with E-state index in [1.54, 1.807) is 0 Å². The number of fused-ring (bicyclic) bond motifs is 3. The lowest BCUT2D eigenvalue weighted by Crippen LogP contribution is -2.28. The second-order valence-electron chi connectivity index (χ2n) is 7.12. The third kappa shape index (κ3) is 3.12. The van der Waals surface area contributed by atoms with Crippen molar-refractivity contribution in [3.63, 3.8) is 0 Å². The van der Waals surface area contributed by atoms with E-state index in [1.165, 1.54) is 0 Å². The number of ether oxygens (including phenoxy) is 2. The molecule has 0 spiro atoms. The maximum Gasteiger partial charge on any atom is 0.318 e. The molecule has 0 atom stereocenters. The third-order valence-electron chi connectivity index (χ3n) is 4.78. The molecule has 8 heteroatoms. The molecule has 2 heterocycles. The summed E-state index contributed by atoms with van der Waals surface area (Å²) in [6.07, 6.45) is 2.22. The lowest BCUT2D eigenvalue weighted by atomic mass is 10.1. The van der Waals surface area contributed by atoms with Crippen molar-refractivity contribution in [3.05, 3.63) is 26.6 Å². The predicted molar refractivity (Wildman–Crippen MR) is 96.4 cm³/mol. The van der Waals surface area contributed by atoms with Crippen LogP contribution < -0.4 is 4.74 Å². The molecule has 0 N–H and O–H groups in total. The maximum absolute atomic E-state index is 14.8. The van der Waals surface area contributed by atoms with E-state index >= 15 is 0 Å². The van der Waals surface area contributed by atoms with Crippen molar-refractivity contribution in [2.75, 3.05) is 27.2 Å². The van der Waals surface area contributed by atoms with Gasteiger partial charge in [-0.1, -0.05) is 11.6 Å². The minimum absolute atomic E-state index is 0.118. The minimum atomic E-state index is -0.456. The summed E-state index contributed by atoms with van der Waals surface area (Å²) in [5.74, 6) is -0.456. The quantitative estimate of drug-likeness (QED) is 0.673. The molecule has 25 heavy (non-hydrogen) atoms. The first kappa shape index (κ1) is 17.4. The van der Waals surface area contributed by atoms with Crippen molar-refractivity contribution >= 4 is 38.4 Å². The number of benzene rings is 1. The van der Waals surface area contributed by atoms with E-state index in [4.69, 9.17) is 21.1 Å². The molecule has 134 valence electrons. The summed E-state index contributed by atoms with van der Waals surface area (Å²) in [6, 6.07) is 0.118. The largest absolute Gasteiger partial charge is 0.463 e. The monoisotopic (exact) mass is 429 g/mol. The van der Waals surface area contributed by atoms with Gasteiger partial charge in [0.2, 0.25) is 0 Å². The average Bonchev–Trinajstić information content (AvgIpc) is 3.13. The van der Waals surface area contributed by atoms with Crippen molar-refractivity contribution in [1.82, 2.24) is 14.9 Å². The number of nitrogens with zero attached hydrogens (tertiary/aromatic N) is 3. The Morgan fingerprint density at radius 3 is 2.68 bits per heavy atom. The molecule has 0 bridgehead atoms. The van der Waals surface area contributed by atoms with E-state index in [-0.39, 0.29) is 22.1 Å². The van der Waals surface area contributed by atoms with Crippen LogP contribution >= 0.6 is 27.5 Å². The summed E-state index contributed by atoms with van der Waals surface area (Å²) < 4.78 is 26.4. The number of halogens is 3. The van der Waals surface area contributed by atoms with Crippen LogP contribution in [0.4, 0.5) is 4.39 Å². The van der Waals surface area contributed by atoms with Crippen LogP contribution in [-0.4, -0.2) is 42.1 Å². The molecule has 1 aromatic carbocycles. The standard InChI is InChI=1S/C17H18BrClFN3O2/c1-23(2)7-17(3-4-17)8-25-16-21-14-11(15(19)22-16)9-5-24-6-10(9)12(18)13(14)20/h3-8H2,1-2H3. The van der Waals surface area contributed by atoms with Gasteiger partial charge in [-0.05, 0) is 48.4 Å². The summed E-state index contributed by atoms with van der Waals surface area (Å²) in [4.78, 5) is 10.7. The van der Waals surface area contributed by atoms with Gasteiger partial charge in [-0.2, -0.15) is 9.97 Å². The van der Waals surface area contributed by atoms with Crippen LogP contribution in [0.3, 0.4) is 0 Å². The Morgan fingerprint density at radius 1 is 1.28 bits per heavy atom. The van der Waals surface area contributed by atoms with Crippen LogP contribution in [0.1, 0.15) is 24.0 Å². The fourth-order valence-electron chi connectivity index (χ4n) is 3.40. The molecule has 2 aliphatic rings. The first-order valence-electron chi connectivity index (χ1n) is 8.11. The molecule has 0 saturated heterocycles. The van der Waals surface area contributed by atoms with Crippen LogP contribution in [0, 0.1) is 11.2 Å². The minimum Gasteiger partial charge on any atom is -0.463 e. The summed E-state index contributed by atoms with van der Waals surface area (Å²) in [5.41, 5.74) is 1.92. The van der Waals surface area contributed by atoms with Gasteiger partial charge in [-0.15, -0.1) is 0 Å². The van der Waals surface area contributed by atoms with E-state index < -0.39 is 5.82 Å². The Balaban J connectivity index is 1.68. The van der Waals surface area contributed by atoms with Crippen molar-refractivity contribution in [2.24, 2.45) is 5.41 Å². The predicted octanol–water partition coefficient (Wildman–Crippen LogP) is 3.94. The van der Waals surface area contributed by atoms with Gasteiger partial charge in [-0.3, -0.25) is 0 Å². The highest BCUT2D eigenvalue weighted by atomic mass is 79.9. The van der Waals surface area contributed by atoms with Crippen molar-refractivity contribution in [2.45, 2.75) is 26.1 Å². The van der Waals surface area contributed by atoms with Gasteiger partial charge in [0.05, 0.1) is 24.3 Å². The topological polar surface area (TPSA) is 47.5 Å². The first-order chi connectivity index (χ1) is 11.9. The van der Waals surface area contributed by atoms with Gasteiger partial charge < -0.3 is 14.4 Å². The van der Waals surface area contributed by atoms with Gasteiger partial charge >= 0.3 is 6.01 Å². The fourth-order valence-corrected chi connectivity index (χ4v) is 4.22. The molecular weight excluding hydrogens is 413 g/mol. The van der Waals surface area contributed by atoms with Gasteiger partial charge in [0, 0.05) is 22.9 Å².